The normalized spacial score (nSPS) is 16.2. The Labute approximate surface area is 162 Å². The fourth-order valence-corrected chi connectivity index (χ4v) is 3.79. The van der Waals surface area contributed by atoms with Gasteiger partial charge in [0.15, 0.2) is 0 Å². The highest BCUT2D eigenvalue weighted by atomic mass is 16.5. The molecule has 3 rings (SSSR count). The molecule has 1 aliphatic rings. The summed E-state index contributed by atoms with van der Waals surface area (Å²) in [5, 5.41) is 0. The van der Waals surface area contributed by atoms with E-state index >= 15 is 0 Å². The molecule has 2 N–H and O–H groups in total. The van der Waals surface area contributed by atoms with Gasteiger partial charge in [0.25, 0.3) is 5.56 Å². The number of hydrogen-bond donors (Lipinski definition) is 2. The van der Waals surface area contributed by atoms with Crippen LogP contribution < -0.4 is 20.7 Å². The molecule has 1 amide bonds. The summed E-state index contributed by atoms with van der Waals surface area (Å²) in [6, 6.07) is 5.49. The van der Waals surface area contributed by atoms with Crippen LogP contribution in [0, 0.1) is 6.92 Å². The zero-order valence-corrected chi connectivity index (χ0v) is 16.3. The van der Waals surface area contributed by atoms with Crippen molar-refractivity contribution in [3.63, 3.8) is 0 Å². The van der Waals surface area contributed by atoms with Crippen LogP contribution in [0.1, 0.15) is 42.1 Å². The number of methoxy groups -OCH3 is 2. The minimum absolute atomic E-state index is 0.0302. The minimum atomic E-state index is -0.540. The van der Waals surface area contributed by atoms with Gasteiger partial charge in [-0.15, -0.1) is 0 Å². The summed E-state index contributed by atoms with van der Waals surface area (Å²) in [5.74, 6) is 1.40. The van der Waals surface area contributed by atoms with E-state index in [1.165, 1.54) is 0 Å². The monoisotopic (exact) mass is 387 g/mol. The molecular weight excluding hydrogens is 362 g/mol. The lowest BCUT2D eigenvalue weighted by molar-refractivity contribution is -0.132. The number of aryl methyl sites for hydroxylation is 1. The fraction of sp³-hybridized carbons (Fsp3) is 0.450. The number of likely N-dealkylation sites (tertiary alicyclic amines) is 1. The number of H-pyrrole nitrogens is 2. The van der Waals surface area contributed by atoms with Crippen molar-refractivity contribution in [2.45, 2.75) is 38.6 Å². The fourth-order valence-electron chi connectivity index (χ4n) is 3.79. The number of nitrogens with zero attached hydrogens (tertiary/aromatic N) is 1. The van der Waals surface area contributed by atoms with Gasteiger partial charge >= 0.3 is 5.69 Å². The van der Waals surface area contributed by atoms with Gasteiger partial charge in [0.05, 0.1) is 20.3 Å². The average molecular weight is 387 g/mol. The van der Waals surface area contributed by atoms with Gasteiger partial charge in [-0.05, 0) is 44.4 Å². The Balaban J connectivity index is 1.79. The summed E-state index contributed by atoms with van der Waals surface area (Å²) < 4.78 is 10.8. The molecule has 1 atom stereocenters. The Morgan fingerprint density at radius 3 is 2.68 bits per heavy atom. The Morgan fingerprint density at radius 1 is 1.21 bits per heavy atom. The standard InChI is InChI=1S/C20H25N3O5/c1-12-14(19(25)22-20(26)21-12)7-9-18(24)23-10-4-5-16(23)15-11-13(27-2)6-8-17(15)28-3/h6,8,11,16H,4-5,7,9-10H2,1-3H3,(H2,21,22,25,26)/t16-/m0/s1. The summed E-state index contributed by atoms with van der Waals surface area (Å²) in [5.41, 5.74) is 0.867. The number of nitrogens with one attached hydrogen (secondary N) is 2. The van der Waals surface area contributed by atoms with E-state index in [1.54, 1.807) is 21.1 Å². The van der Waals surface area contributed by atoms with Crippen LogP contribution in [0.4, 0.5) is 0 Å². The highest BCUT2D eigenvalue weighted by molar-refractivity contribution is 5.77. The van der Waals surface area contributed by atoms with Gasteiger partial charge in [0, 0.05) is 29.8 Å². The van der Waals surface area contributed by atoms with E-state index in [-0.39, 0.29) is 24.8 Å². The quantitative estimate of drug-likeness (QED) is 0.785. The van der Waals surface area contributed by atoms with Crippen LogP contribution in [0.5, 0.6) is 11.5 Å². The molecule has 0 radical (unpaired) electrons. The van der Waals surface area contributed by atoms with E-state index in [1.807, 2.05) is 23.1 Å². The first-order valence-electron chi connectivity index (χ1n) is 9.28. The lowest BCUT2D eigenvalue weighted by Crippen LogP contribution is -2.32. The predicted octanol–water partition coefficient (Wildman–Crippen LogP) is 1.69. The number of carbonyl (C=O) groups excluding carboxylic acids is 1. The van der Waals surface area contributed by atoms with Gasteiger partial charge in [0.2, 0.25) is 5.91 Å². The van der Waals surface area contributed by atoms with E-state index in [0.29, 0.717) is 23.6 Å². The third-order valence-corrected chi connectivity index (χ3v) is 5.21. The van der Waals surface area contributed by atoms with Crippen LogP contribution in [0.25, 0.3) is 0 Å². The van der Waals surface area contributed by atoms with Crippen molar-refractivity contribution in [2.24, 2.45) is 0 Å². The molecular formula is C20H25N3O5. The molecule has 8 heteroatoms. The zero-order chi connectivity index (χ0) is 20.3. The van der Waals surface area contributed by atoms with Gasteiger partial charge < -0.3 is 19.4 Å². The topological polar surface area (TPSA) is 104 Å². The summed E-state index contributed by atoms with van der Waals surface area (Å²) in [7, 11) is 3.21. The van der Waals surface area contributed by atoms with Crippen LogP contribution in [-0.4, -0.2) is 41.5 Å². The van der Waals surface area contributed by atoms with E-state index < -0.39 is 11.2 Å². The third-order valence-electron chi connectivity index (χ3n) is 5.21. The molecule has 0 saturated carbocycles. The largest absolute Gasteiger partial charge is 0.497 e. The maximum Gasteiger partial charge on any atom is 0.325 e. The SMILES string of the molecule is COc1ccc(OC)c([C@@H]2CCCN2C(=O)CCc2c(C)[nH]c(=O)[nH]c2=O)c1. The first-order valence-corrected chi connectivity index (χ1v) is 9.28. The first-order chi connectivity index (χ1) is 13.4. The highest BCUT2D eigenvalue weighted by Gasteiger charge is 2.32. The predicted molar refractivity (Wildman–Crippen MR) is 104 cm³/mol. The van der Waals surface area contributed by atoms with Crippen molar-refractivity contribution in [3.05, 3.63) is 55.9 Å². The van der Waals surface area contributed by atoms with Crippen molar-refractivity contribution in [2.75, 3.05) is 20.8 Å². The van der Waals surface area contributed by atoms with Gasteiger partial charge in [-0.1, -0.05) is 0 Å². The van der Waals surface area contributed by atoms with E-state index in [4.69, 9.17) is 9.47 Å². The number of aromatic nitrogens is 2. The molecule has 2 heterocycles. The number of aromatic amines is 2. The molecule has 0 aliphatic carbocycles. The lowest BCUT2D eigenvalue weighted by Gasteiger charge is -2.27. The Morgan fingerprint density at radius 2 is 2.00 bits per heavy atom. The van der Waals surface area contributed by atoms with Crippen LogP contribution in [0.2, 0.25) is 0 Å². The Hall–Kier alpha value is -3.03. The zero-order valence-electron chi connectivity index (χ0n) is 16.3. The molecule has 2 aromatic rings. The van der Waals surface area contributed by atoms with Crippen molar-refractivity contribution >= 4 is 5.91 Å². The summed E-state index contributed by atoms with van der Waals surface area (Å²) in [6.07, 6.45) is 2.20. The maximum absolute atomic E-state index is 12.9. The van der Waals surface area contributed by atoms with Crippen LogP contribution in [0.15, 0.2) is 27.8 Å². The minimum Gasteiger partial charge on any atom is -0.497 e. The third kappa shape index (κ3) is 3.95. The van der Waals surface area contributed by atoms with Crippen molar-refractivity contribution in [3.8, 4) is 11.5 Å². The molecule has 8 nitrogen and oxygen atoms in total. The lowest BCUT2D eigenvalue weighted by atomic mass is 10.0. The molecule has 0 spiro atoms. The van der Waals surface area contributed by atoms with Crippen LogP contribution in [-0.2, 0) is 11.2 Å². The molecule has 28 heavy (non-hydrogen) atoms. The second kappa shape index (κ2) is 8.33. The molecule has 1 aliphatic heterocycles. The first kappa shape index (κ1) is 19.7. The van der Waals surface area contributed by atoms with Crippen molar-refractivity contribution < 1.29 is 14.3 Å². The number of carbonyl (C=O) groups is 1. The van der Waals surface area contributed by atoms with Crippen molar-refractivity contribution in [1.82, 2.24) is 14.9 Å². The Kier molecular flexibility index (Phi) is 5.87. The van der Waals surface area contributed by atoms with E-state index in [2.05, 4.69) is 9.97 Å². The second-order valence-electron chi connectivity index (χ2n) is 6.86. The van der Waals surface area contributed by atoms with Gasteiger partial charge in [-0.25, -0.2) is 4.79 Å². The number of amides is 1. The van der Waals surface area contributed by atoms with Gasteiger partial charge in [-0.2, -0.15) is 0 Å². The molecule has 0 unspecified atom stereocenters. The second-order valence-corrected chi connectivity index (χ2v) is 6.86. The van der Waals surface area contributed by atoms with Crippen molar-refractivity contribution in [1.29, 1.82) is 0 Å². The number of rotatable bonds is 6. The number of hydrogen-bond acceptors (Lipinski definition) is 5. The summed E-state index contributed by atoms with van der Waals surface area (Å²) in [4.78, 5) is 42.9. The van der Waals surface area contributed by atoms with E-state index in [0.717, 1.165) is 24.2 Å². The van der Waals surface area contributed by atoms with Gasteiger partial charge in [-0.3, -0.25) is 14.6 Å². The molecule has 1 aromatic heterocycles. The molecule has 1 fully saturated rings. The molecule has 0 bridgehead atoms. The maximum atomic E-state index is 12.9. The van der Waals surface area contributed by atoms with Crippen LogP contribution in [0.3, 0.4) is 0 Å². The van der Waals surface area contributed by atoms with E-state index in [9.17, 15) is 14.4 Å². The molecule has 1 aromatic carbocycles. The summed E-state index contributed by atoms with van der Waals surface area (Å²) >= 11 is 0. The van der Waals surface area contributed by atoms with Gasteiger partial charge in [0.1, 0.15) is 11.5 Å². The summed E-state index contributed by atoms with van der Waals surface area (Å²) in [6.45, 7) is 2.32. The Bertz CT molecular complexity index is 979. The average Bonchev–Trinajstić information content (AvgIpc) is 3.16. The molecule has 1 saturated heterocycles. The molecule has 150 valence electrons. The van der Waals surface area contributed by atoms with Crippen LogP contribution >= 0.6 is 0 Å². The highest BCUT2D eigenvalue weighted by Crippen LogP contribution is 2.39. The number of benzene rings is 1. The number of ether oxygens (including phenoxy) is 2. The smallest absolute Gasteiger partial charge is 0.325 e.